The molecule has 1 aromatic heterocycles. The van der Waals surface area contributed by atoms with E-state index in [0.29, 0.717) is 5.41 Å². The lowest BCUT2D eigenvalue weighted by Crippen LogP contribution is -2.71. The van der Waals surface area contributed by atoms with Crippen LogP contribution in [0.25, 0.3) is 0 Å². The summed E-state index contributed by atoms with van der Waals surface area (Å²) in [5, 5.41) is 3.29. The molecule has 0 aromatic carbocycles. The molecule has 0 radical (unpaired) electrons. The highest BCUT2D eigenvalue weighted by Crippen LogP contribution is 2.36. The molecule has 2 aliphatic rings. The van der Waals surface area contributed by atoms with Crippen LogP contribution < -0.4 is 10.2 Å². The summed E-state index contributed by atoms with van der Waals surface area (Å²) < 4.78 is 5.19. The fourth-order valence-electron chi connectivity index (χ4n) is 1.97. The van der Waals surface area contributed by atoms with Crippen molar-refractivity contribution in [3.8, 4) is 0 Å². The van der Waals surface area contributed by atoms with Gasteiger partial charge in [0.15, 0.2) is 0 Å². The third-order valence-corrected chi connectivity index (χ3v) is 2.74. The van der Waals surface area contributed by atoms with Crippen LogP contribution >= 0.6 is 0 Å². The SMILES string of the molecule is c1coc(N2CC3(CNC3)C2)n1. The Morgan fingerprint density at radius 3 is 2.83 bits per heavy atom. The molecule has 4 nitrogen and oxygen atoms in total. The molecule has 1 spiro atoms. The average Bonchev–Trinajstić information content (AvgIpc) is 2.32. The van der Waals surface area contributed by atoms with Gasteiger partial charge in [-0.25, -0.2) is 4.98 Å². The van der Waals surface area contributed by atoms with E-state index in [-0.39, 0.29) is 0 Å². The predicted molar refractivity (Wildman–Crippen MR) is 44.0 cm³/mol. The Labute approximate surface area is 70.6 Å². The highest BCUT2D eigenvalue weighted by molar-refractivity contribution is 5.34. The van der Waals surface area contributed by atoms with Crippen LogP contribution in [0.3, 0.4) is 0 Å². The normalized spacial score (nSPS) is 25.2. The van der Waals surface area contributed by atoms with Crippen molar-refractivity contribution in [3.05, 3.63) is 12.5 Å². The largest absolute Gasteiger partial charge is 0.432 e. The number of rotatable bonds is 1. The summed E-state index contributed by atoms with van der Waals surface area (Å²) in [7, 11) is 0. The number of nitrogens with zero attached hydrogens (tertiary/aromatic N) is 2. The molecule has 64 valence electrons. The molecule has 0 saturated carbocycles. The van der Waals surface area contributed by atoms with Gasteiger partial charge in [0.2, 0.25) is 0 Å². The molecule has 0 amide bonds. The Morgan fingerprint density at radius 2 is 2.33 bits per heavy atom. The van der Waals surface area contributed by atoms with Crippen LogP contribution in [0.4, 0.5) is 6.01 Å². The standard InChI is InChI=1S/C8H11N3O/c1-2-12-7(10-1)11-5-8(6-11)3-9-4-8/h1-2,9H,3-6H2. The molecule has 4 heteroatoms. The lowest BCUT2D eigenvalue weighted by atomic mass is 9.75. The van der Waals surface area contributed by atoms with E-state index in [9.17, 15) is 0 Å². The summed E-state index contributed by atoms with van der Waals surface area (Å²) in [6.07, 6.45) is 3.32. The van der Waals surface area contributed by atoms with E-state index >= 15 is 0 Å². The van der Waals surface area contributed by atoms with E-state index in [1.807, 2.05) is 0 Å². The van der Waals surface area contributed by atoms with Gasteiger partial charge >= 0.3 is 0 Å². The number of aromatic nitrogens is 1. The molecule has 2 aliphatic heterocycles. The fraction of sp³-hybridized carbons (Fsp3) is 0.625. The highest BCUT2D eigenvalue weighted by atomic mass is 16.4. The van der Waals surface area contributed by atoms with Crippen LogP contribution in [0.1, 0.15) is 0 Å². The second-order valence-electron chi connectivity index (χ2n) is 3.77. The quantitative estimate of drug-likeness (QED) is 0.640. The van der Waals surface area contributed by atoms with Crippen molar-refractivity contribution < 1.29 is 4.42 Å². The first-order valence-electron chi connectivity index (χ1n) is 4.23. The third kappa shape index (κ3) is 0.728. The summed E-state index contributed by atoms with van der Waals surface area (Å²) in [5.41, 5.74) is 0.550. The van der Waals surface area contributed by atoms with Crippen LogP contribution in [0.2, 0.25) is 0 Å². The molecule has 2 saturated heterocycles. The predicted octanol–water partition coefficient (Wildman–Crippen LogP) is 0.0842. The Balaban J connectivity index is 1.69. The van der Waals surface area contributed by atoms with Crippen molar-refractivity contribution in [1.82, 2.24) is 10.3 Å². The van der Waals surface area contributed by atoms with E-state index in [1.165, 1.54) is 0 Å². The maximum absolute atomic E-state index is 5.19. The highest BCUT2D eigenvalue weighted by Gasteiger charge is 2.48. The first kappa shape index (κ1) is 6.48. The molecule has 0 unspecified atom stereocenters. The zero-order valence-corrected chi connectivity index (χ0v) is 6.79. The molecule has 3 heterocycles. The van der Waals surface area contributed by atoms with Gasteiger partial charge in [0, 0.05) is 31.6 Å². The van der Waals surface area contributed by atoms with E-state index in [0.717, 1.165) is 32.2 Å². The monoisotopic (exact) mass is 165 g/mol. The van der Waals surface area contributed by atoms with Crippen LogP contribution in [-0.4, -0.2) is 31.2 Å². The summed E-state index contributed by atoms with van der Waals surface area (Å²) in [6.45, 7) is 4.51. The van der Waals surface area contributed by atoms with Crippen molar-refractivity contribution in [2.45, 2.75) is 0 Å². The van der Waals surface area contributed by atoms with Gasteiger partial charge in [-0.2, -0.15) is 0 Å². The molecule has 0 bridgehead atoms. The van der Waals surface area contributed by atoms with Crippen molar-refractivity contribution in [2.75, 3.05) is 31.1 Å². The Bertz CT molecular complexity index is 271. The number of hydrogen-bond acceptors (Lipinski definition) is 4. The number of hydrogen-bond donors (Lipinski definition) is 1. The minimum Gasteiger partial charge on any atom is -0.432 e. The molecule has 1 aromatic rings. The third-order valence-electron chi connectivity index (χ3n) is 2.74. The number of oxazole rings is 1. The summed E-state index contributed by atoms with van der Waals surface area (Å²) in [6, 6.07) is 0.771. The second kappa shape index (κ2) is 2.01. The van der Waals surface area contributed by atoms with Gasteiger partial charge in [-0.3, -0.25) is 0 Å². The van der Waals surface area contributed by atoms with Crippen molar-refractivity contribution >= 4 is 6.01 Å². The maximum Gasteiger partial charge on any atom is 0.297 e. The summed E-state index contributed by atoms with van der Waals surface area (Å²) in [5.74, 6) is 0. The Morgan fingerprint density at radius 1 is 1.50 bits per heavy atom. The first-order chi connectivity index (χ1) is 5.88. The van der Waals surface area contributed by atoms with Gasteiger partial charge in [-0.1, -0.05) is 0 Å². The molecular formula is C8H11N3O. The van der Waals surface area contributed by atoms with Crippen LogP contribution in [0, 0.1) is 5.41 Å². The van der Waals surface area contributed by atoms with Crippen LogP contribution in [0.5, 0.6) is 0 Å². The van der Waals surface area contributed by atoms with Gasteiger partial charge in [-0.15, -0.1) is 0 Å². The Hall–Kier alpha value is -1.03. The molecule has 1 N–H and O–H groups in total. The summed E-state index contributed by atoms with van der Waals surface area (Å²) in [4.78, 5) is 6.28. The van der Waals surface area contributed by atoms with Gasteiger partial charge in [0.1, 0.15) is 6.26 Å². The number of nitrogens with one attached hydrogen (secondary N) is 1. The minimum absolute atomic E-state index is 0.550. The molecule has 12 heavy (non-hydrogen) atoms. The van der Waals surface area contributed by atoms with Crippen molar-refractivity contribution in [3.63, 3.8) is 0 Å². The van der Waals surface area contributed by atoms with Crippen molar-refractivity contribution in [2.24, 2.45) is 5.41 Å². The molecule has 2 fully saturated rings. The average molecular weight is 165 g/mol. The van der Waals surface area contributed by atoms with Gasteiger partial charge in [-0.05, 0) is 0 Å². The van der Waals surface area contributed by atoms with Gasteiger partial charge < -0.3 is 14.6 Å². The number of anilines is 1. The molecule has 0 atom stereocenters. The van der Waals surface area contributed by atoms with E-state index in [1.54, 1.807) is 12.5 Å². The van der Waals surface area contributed by atoms with Crippen LogP contribution in [0.15, 0.2) is 16.9 Å². The second-order valence-corrected chi connectivity index (χ2v) is 3.77. The molecular weight excluding hydrogens is 154 g/mol. The Kier molecular flexibility index (Phi) is 1.09. The lowest BCUT2D eigenvalue weighted by molar-refractivity contribution is 0.115. The minimum atomic E-state index is 0.550. The van der Waals surface area contributed by atoms with E-state index in [2.05, 4.69) is 15.2 Å². The van der Waals surface area contributed by atoms with Gasteiger partial charge in [0.25, 0.3) is 6.01 Å². The van der Waals surface area contributed by atoms with Gasteiger partial charge in [0.05, 0.1) is 6.20 Å². The zero-order valence-electron chi connectivity index (χ0n) is 6.79. The van der Waals surface area contributed by atoms with E-state index in [4.69, 9.17) is 4.42 Å². The topological polar surface area (TPSA) is 41.3 Å². The van der Waals surface area contributed by atoms with E-state index < -0.39 is 0 Å². The fourth-order valence-corrected chi connectivity index (χ4v) is 1.97. The smallest absolute Gasteiger partial charge is 0.297 e. The zero-order chi connectivity index (χ0) is 8.02. The maximum atomic E-state index is 5.19. The summed E-state index contributed by atoms with van der Waals surface area (Å²) >= 11 is 0. The van der Waals surface area contributed by atoms with Crippen LogP contribution in [-0.2, 0) is 0 Å². The molecule has 3 rings (SSSR count). The lowest BCUT2D eigenvalue weighted by Gasteiger charge is -2.55. The first-order valence-corrected chi connectivity index (χ1v) is 4.23. The van der Waals surface area contributed by atoms with Crippen molar-refractivity contribution in [1.29, 1.82) is 0 Å². The molecule has 0 aliphatic carbocycles.